The number of nitrogens with two attached hydrogens (primary N) is 1. The lowest BCUT2D eigenvalue weighted by Crippen LogP contribution is -2.12. The smallest absolute Gasteiger partial charge is 0.248 e. The van der Waals surface area contributed by atoms with E-state index in [1.165, 1.54) is 0 Å². The zero-order valence-electron chi connectivity index (χ0n) is 10.9. The number of hydrogen-bond donors (Lipinski definition) is 1. The summed E-state index contributed by atoms with van der Waals surface area (Å²) in [6.45, 7) is 0. The van der Waals surface area contributed by atoms with Crippen LogP contribution in [0.3, 0.4) is 0 Å². The van der Waals surface area contributed by atoms with Gasteiger partial charge in [0.1, 0.15) is 6.04 Å². The van der Waals surface area contributed by atoms with Gasteiger partial charge >= 0.3 is 0 Å². The molecule has 2 aromatic rings. The van der Waals surface area contributed by atoms with Crippen LogP contribution in [0.4, 0.5) is 0 Å². The Kier molecular flexibility index (Phi) is 3.09. The van der Waals surface area contributed by atoms with Crippen LogP contribution in [-0.2, 0) is 16.9 Å². The van der Waals surface area contributed by atoms with Crippen LogP contribution in [0.15, 0.2) is 16.9 Å². The summed E-state index contributed by atoms with van der Waals surface area (Å²) in [7, 11) is -1.18. The van der Waals surface area contributed by atoms with Gasteiger partial charge in [-0.25, -0.2) is 8.42 Å². The van der Waals surface area contributed by atoms with E-state index >= 15 is 0 Å². The highest BCUT2D eigenvalue weighted by molar-refractivity contribution is 7.91. The van der Waals surface area contributed by atoms with Crippen molar-refractivity contribution in [1.82, 2.24) is 19.9 Å². The van der Waals surface area contributed by atoms with Crippen molar-refractivity contribution in [1.29, 1.82) is 0 Å². The summed E-state index contributed by atoms with van der Waals surface area (Å²) in [5.41, 5.74) is 6.79. The van der Waals surface area contributed by atoms with Crippen LogP contribution in [0.2, 0.25) is 0 Å². The molecule has 1 fully saturated rings. The van der Waals surface area contributed by atoms with Crippen molar-refractivity contribution in [2.24, 2.45) is 12.8 Å². The van der Waals surface area contributed by atoms with Crippen LogP contribution in [0.5, 0.6) is 0 Å². The third-order valence-corrected chi connectivity index (χ3v) is 5.17. The molecular weight excluding hydrogens is 282 g/mol. The van der Waals surface area contributed by atoms with Gasteiger partial charge in [-0.15, -0.1) is 0 Å². The lowest BCUT2D eigenvalue weighted by molar-refractivity contribution is 0.360. The predicted octanol–water partition coefficient (Wildman–Crippen LogP) is -0.247. The quantitative estimate of drug-likeness (QED) is 0.830. The van der Waals surface area contributed by atoms with Gasteiger partial charge in [-0.05, 0) is 6.42 Å². The van der Waals surface area contributed by atoms with E-state index < -0.39 is 15.9 Å². The molecule has 2 N–H and O–H groups in total. The van der Waals surface area contributed by atoms with Crippen LogP contribution in [0, 0.1) is 0 Å². The van der Waals surface area contributed by atoms with E-state index in [1.807, 2.05) is 0 Å². The Hall–Kier alpha value is -1.74. The van der Waals surface area contributed by atoms with Gasteiger partial charge in [0.2, 0.25) is 5.89 Å². The molecule has 0 bridgehead atoms. The second-order valence-electron chi connectivity index (χ2n) is 5.02. The Balaban J connectivity index is 1.80. The summed E-state index contributed by atoms with van der Waals surface area (Å²) < 4.78 is 29.7. The van der Waals surface area contributed by atoms with E-state index in [0.29, 0.717) is 12.2 Å². The van der Waals surface area contributed by atoms with Crippen molar-refractivity contribution in [2.75, 3.05) is 11.5 Å². The summed E-state index contributed by atoms with van der Waals surface area (Å²) in [4.78, 5) is 4.24. The van der Waals surface area contributed by atoms with E-state index in [2.05, 4.69) is 15.2 Å². The molecular formula is C11H15N5O3S. The molecule has 3 heterocycles. The van der Waals surface area contributed by atoms with Gasteiger partial charge in [-0.1, -0.05) is 5.16 Å². The van der Waals surface area contributed by atoms with Crippen molar-refractivity contribution in [2.45, 2.75) is 18.4 Å². The first-order valence-electron chi connectivity index (χ1n) is 6.23. The van der Waals surface area contributed by atoms with E-state index in [0.717, 1.165) is 5.56 Å². The van der Waals surface area contributed by atoms with Crippen molar-refractivity contribution in [3.05, 3.63) is 29.7 Å². The van der Waals surface area contributed by atoms with Gasteiger partial charge in [-0.2, -0.15) is 10.1 Å². The maximum Gasteiger partial charge on any atom is 0.248 e. The molecule has 2 unspecified atom stereocenters. The molecule has 0 radical (unpaired) electrons. The fourth-order valence-corrected chi connectivity index (χ4v) is 4.02. The van der Waals surface area contributed by atoms with Crippen molar-refractivity contribution in [3.63, 3.8) is 0 Å². The first kappa shape index (κ1) is 13.3. The zero-order chi connectivity index (χ0) is 14.3. The van der Waals surface area contributed by atoms with E-state index in [-0.39, 0.29) is 23.3 Å². The van der Waals surface area contributed by atoms with Gasteiger partial charge in [0.05, 0.1) is 17.7 Å². The average molecular weight is 297 g/mol. The number of aryl methyl sites for hydroxylation is 1. The van der Waals surface area contributed by atoms with Gasteiger partial charge < -0.3 is 10.3 Å². The van der Waals surface area contributed by atoms with E-state index in [9.17, 15) is 8.42 Å². The summed E-state index contributed by atoms with van der Waals surface area (Å²) in [5, 5.41) is 7.89. The molecule has 1 saturated heterocycles. The van der Waals surface area contributed by atoms with Gasteiger partial charge in [0, 0.05) is 24.7 Å². The molecule has 3 rings (SSSR count). The maximum atomic E-state index is 11.5. The van der Waals surface area contributed by atoms with Crippen molar-refractivity contribution >= 4 is 9.84 Å². The number of sulfone groups is 1. The average Bonchev–Trinajstić information content (AvgIpc) is 3.07. The number of aromatic nitrogens is 4. The molecule has 1 aliphatic heterocycles. The Morgan fingerprint density at radius 2 is 2.35 bits per heavy atom. The monoisotopic (exact) mass is 297 g/mol. The SMILES string of the molecule is Cn1cc(C(N)c2nc(C3CCS(=O)(=O)C3)no2)cn1. The summed E-state index contributed by atoms with van der Waals surface area (Å²) in [5.74, 6) is 0.751. The minimum Gasteiger partial charge on any atom is -0.337 e. The highest BCUT2D eigenvalue weighted by atomic mass is 32.2. The topological polar surface area (TPSA) is 117 Å². The Bertz CT molecular complexity index is 720. The van der Waals surface area contributed by atoms with Gasteiger partial charge in [-0.3, -0.25) is 4.68 Å². The Labute approximate surface area is 115 Å². The molecule has 8 nitrogen and oxygen atoms in total. The predicted molar refractivity (Wildman–Crippen MR) is 69.5 cm³/mol. The van der Waals surface area contributed by atoms with E-state index in [1.54, 1.807) is 24.1 Å². The van der Waals surface area contributed by atoms with Crippen LogP contribution >= 0.6 is 0 Å². The standard InChI is InChI=1S/C11H15N5O3S/c1-16-5-8(4-13-16)9(12)11-14-10(15-19-11)7-2-3-20(17,18)6-7/h4-5,7,9H,2-3,6,12H2,1H3. The number of rotatable bonds is 3. The second-order valence-corrected chi connectivity index (χ2v) is 7.24. The fourth-order valence-electron chi connectivity index (χ4n) is 2.28. The molecule has 108 valence electrons. The molecule has 0 spiro atoms. The third-order valence-electron chi connectivity index (χ3n) is 3.41. The van der Waals surface area contributed by atoms with Gasteiger partial charge in [0.25, 0.3) is 0 Å². The molecule has 0 amide bonds. The summed E-state index contributed by atoms with van der Waals surface area (Å²) >= 11 is 0. The molecule has 0 aromatic carbocycles. The summed E-state index contributed by atoms with van der Waals surface area (Å²) in [6.07, 6.45) is 3.94. The van der Waals surface area contributed by atoms with Crippen LogP contribution in [0.25, 0.3) is 0 Å². The molecule has 0 saturated carbocycles. The number of hydrogen-bond acceptors (Lipinski definition) is 7. The largest absolute Gasteiger partial charge is 0.337 e. The Morgan fingerprint density at radius 3 is 2.95 bits per heavy atom. The van der Waals surface area contributed by atoms with E-state index in [4.69, 9.17) is 10.3 Å². The molecule has 2 aromatic heterocycles. The fraction of sp³-hybridized carbons (Fsp3) is 0.545. The number of nitrogens with zero attached hydrogens (tertiary/aromatic N) is 4. The lowest BCUT2D eigenvalue weighted by atomic mass is 10.1. The van der Waals surface area contributed by atoms with Crippen LogP contribution < -0.4 is 5.73 Å². The summed E-state index contributed by atoms with van der Waals surface area (Å²) in [6, 6.07) is -0.553. The van der Waals surface area contributed by atoms with Crippen LogP contribution in [0.1, 0.15) is 35.7 Å². The molecule has 0 aliphatic carbocycles. The van der Waals surface area contributed by atoms with Crippen LogP contribution in [-0.4, -0.2) is 39.8 Å². The minimum atomic E-state index is -2.97. The van der Waals surface area contributed by atoms with Crippen molar-refractivity contribution in [3.8, 4) is 0 Å². The highest BCUT2D eigenvalue weighted by Gasteiger charge is 2.33. The molecule has 9 heteroatoms. The normalized spacial score (nSPS) is 23.0. The third kappa shape index (κ3) is 2.46. The Morgan fingerprint density at radius 1 is 1.55 bits per heavy atom. The molecule has 2 atom stereocenters. The van der Waals surface area contributed by atoms with Gasteiger partial charge in [0.15, 0.2) is 15.7 Å². The minimum absolute atomic E-state index is 0.0775. The first-order valence-corrected chi connectivity index (χ1v) is 8.05. The maximum absolute atomic E-state index is 11.5. The second kappa shape index (κ2) is 4.67. The molecule has 1 aliphatic rings. The molecule has 20 heavy (non-hydrogen) atoms. The van der Waals surface area contributed by atoms with Crippen molar-refractivity contribution < 1.29 is 12.9 Å². The zero-order valence-corrected chi connectivity index (χ0v) is 11.7. The highest BCUT2D eigenvalue weighted by Crippen LogP contribution is 2.28. The first-order chi connectivity index (χ1) is 9.44. The lowest BCUT2D eigenvalue weighted by Gasteiger charge is -2.02.